The van der Waals surface area contributed by atoms with Crippen molar-refractivity contribution >= 4 is 11.6 Å². The van der Waals surface area contributed by atoms with E-state index in [0.717, 1.165) is 44.8 Å². The molecule has 2 fully saturated rings. The second-order valence-electron chi connectivity index (χ2n) is 10.9. The van der Waals surface area contributed by atoms with E-state index in [1.165, 1.54) is 23.1 Å². The molecule has 3 heterocycles. The zero-order valence-corrected chi connectivity index (χ0v) is 23.7. The predicted octanol–water partition coefficient (Wildman–Crippen LogP) is 2.95. The zero-order valence-electron chi connectivity index (χ0n) is 23.7. The summed E-state index contributed by atoms with van der Waals surface area (Å²) in [7, 11) is 0. The van der Waals surface area contributed by atoms with E-state index in [1.54, 1.807) is 0 Å². The van der Waals surface area contributed by atoms with Gasteiger partial charge in [-0.2, -0.15) is 0 Å². The summed E-state index contributed by atoms with van der Waals surface area (Å²) in [4.78, 5) is 26.4. The predicted molar refractivity (Wildman–Crippen MR) is 154 cm³/mol. The van der Waals surface area contributed by atoms with Crippen LogP contribution in [-0.2, 0) is 17.9 Å². The summed E-state index contributed by atoms with van der Waals surface area (Å²) in [5.74, 6) is 0.504. The number of aliphatic hydroxyl groups is 1. The molecule has 9 nitrogen and oxygen atoms in total. The first-order chi connectivity index (χ1) is 19.5. The highest BCUT2D eigenvalue weighted by Crippen LogP contribution is 2.26. The molecule has 2 saturated heterocycles. The number of carbonyl (C=O) groups excluding carboxylic acids is 1. The molecule has 2 aromatic carbocycles. The summed E-state index contributed by atoms with van der Waals surface area (Å²) in [5, 5.41) is 10.4. The molecular weight excluding hydrogens is 506 g/mol. The number of benzene rings is 2. The van der Waals surface area contributed by atoms with Gasteiger partial charge in [0.1, 0.15) is 6.26 Å². The molecule has 9 heteroatoms. The Bertz CT molecular complexity index is 1210. The van der Waals surface area contributed by atoms with E-state index in [1.807, 2.05) is 35.2 Å². The minimum atomic E-state index is -0.516. The van der Waals surface area contributed by atoms with E-state index in [2.05, 4.69) is 51.7 Å². The summed E-state index contributed by atoms with van der Waals surface area (Å²) < 4.78 is 11.4. The smallest absolute Gasteiger partial charge is 0.275 e. The number of piperazine rings is 2. The average Bonchev–Trinajstić information content (AvgIpc) is 3.43. The first-order valence-electron chi connectivity index (χ1n) is 14.3. The van der Waals surface area contributed by atoms with E-state index >= 15 is 0 Å². The fraction of sp³-hybridized carbons (Fsp3) is 0.484. The number of aliphatic hydroxyl groups excluding tert-OH is 1. The number of carbonyl (C=O) groups is 1. The molecule has 1 aromatic heterocycles. The van der Waals surface area contributed by atoms with Gasteiger partial charge in [0.25, 0.3) is 5.91 Å². The Balaban J connectivity index is 1.02. The van der Waals surface area contributed by atoms with Crippen LogP contribution in [0.3, 0.4) is 0 Å². The van der Waals surface area contributed by atoms with Crippen molar-refractivity contribution in [1.29, 1.82) is 0 Å². The number of aromatic nitrogens is 1. The highest BCUT2D eigenvalue weighted by Gasteiger charge is 2.26. The SMILES string of the molecule is Cc1cccc(C)c1N1CCN(C(=O)c2coc(CN3CCN(C[C@@H](O)COCc4ccccc4)CC3)n2)CC1. The van der Waals surface area contributed by atoms with E-state index in [4.69, 9.17) is 9.15 Å². The highest BCUT2D eigenvalue weighted by molar-refractivity contribution is 5.92. The second-order valence-corrected chi connectivity index (χ2v) is 10.9. The Morgan fingerprint density at radius 3 is 2.30 bits per heavy atom. The fourth-order valence-corrected chi connectivity index (χ4v) is 5.64. The molecule has 214 valence electrons. The normalized spacial score (nSPS) is 17.8. The third-order valence-corrected chi connectivity index (χ3v) is 7.81. The number of oxazole rings is 1. The highest BCUT2D eigenvalue weighted by atomic mass is 16.5. The summed E-state index contributed by atoms with van der Waals surface area (Å²) >= 11 is 0. The second kappa shape index (κ2) is 13.4. The number of hydrogen-bond donors (Lipinski definition) is 1. The zero-order chi connectivity index (χ0) is 27.9. The molecule has 0 aliphatic carbocycles. The van der Waals surface area contributed by atoms with Gasteiger partial charge in [0.05, 0.1) is 25.9 Å². The van der Waals surface area contributed by atoms with Crippen LogP contribution in [0.1, 0.15) is 33.1 Å². The number of nitrogens with zero attached hydrogens (tertiary/aromatic N) is 5. The number of para-hydroxylation sites is 1. The molecular formula is C31H41N5O4. The number of amides is 1. The first-order valence-corrected chi connectivity index (χ1v) is 14.3. The van der Waals surface area contributed by atoms with Crippen molar-refractivity contribution in [2.75, 3.05) is 70.4 Å². The van der Waals surface area contributed by atoms with E-state index in [0.29, 0.717) is 51.0 Å². The lowest BCUT2D eigenvalue weighted by Crippen LogP contribution is -2.49. The lowest BCUT2D eigenvalue weighted by Gasteiger charge is -2.37. The van der Waals surface area contributed by atoms with Crippen LogP contribution in [0.15, 0.2) is 59.2 Å². The lowest BCUT2D eigenvalue weighted by atomic mass is 10.1. The van der Waals surface area contributed by atoms with Crippen molar-refractivity contribution in [1.82, 2.24) is 19.7 Å². The fourth-order valence-electron chi connectivity index (χ4n) is 5.64. The summed E-state index contributed by atoms with van der Waals surface area (Å²) in [6.45, 7) is 12.6. The molecule has 2 aliphatic rings. The molecule has 3 aromatic rings. The monoisotopic (exact) mass is 547 g/mol. The molecule has 0 bridgehead atoms. The van der Waals surface area contributed by atoms with Crippen molar-refractivity contribution in [3.63, 3.8) is 0 Å². The van der Waals surface area contributed by atoms with Crippen LogP contribution in [0.25, 0.3) is 0 Å². The van der Waals surface area contributed by atoms with Gasteiger partial charge < -0.3 is 24.1 Å². The molecule has 2 aliphatic heterocycles. The van der Waals surface area contributed by atoms with Gasteiger partial charge in [-0.15, -0.1) is 0 Å². The number of ether oxygens (including phenoxy) is 1. The first kappa shape index (κ1) is 28.3. The number of β-amino-alcohol motifs (C(OH)–C–C–N with tert-alkyl or cyclic N) is 1. The van der Waals surface area contributed by atoms with Crippen molar-refractivity contribution in [2.24, 2.45) is 0 Å². The molecule has 0 unspecified atom stereocenters. The number of rotatable bonds is 10. The van der Waals surface area contributed by atoms with Gasteiger partial charge in [0, 0.05) is 64.6 Å². The van der Waals surface area contributed by atoms with Crippen LogP contribution in [0.4, 0.5) is 5.69 Å². The lowest BCUT2D eigenvalue weighted by molar-refractivity contribution is 0.000371. The van der Waals surface area contributed by atoms with Crippen LogP contribution < -0.4 is 4.90 Å². The molecule has 0 spiro atoms. The standard InChI is InChI=1S/C31H41N5O4/c1-24-7-6-8-25(2)30(24)35-15-17-36(18-16-35)31(38)28-23-40-29(32-28)20-34-13-11-33(12-14-34)19-27(37)22-39-21-26-9-4-3-5-10-26/h3-10,23,27,37H,11-22H2,1-2H3/t27-/m1/s1. The van der Waals surface area contributed by atoms with Crippen molar-refractivity contribution < 1.29 is 19.1 Å². The Labute approximate surface area is 236 Å². The van der Waals surface area contributed by atoms with Gasteiger partial charge in [-0.25, -0.2) is 4.98 Å². The molecule has 1 N–H and O–H groups in total. The summed E-state index contributed by atoms with van der Waals surface area (Å²) in [5.41, 5.74) is 5.31. The van der Waals surface area contributed by atoms with E-state index < -0.39 is 6.10 Å². The summed E-state index contributed by atoms with van der Waals surface area (Å²) in [6, 6.07) is 16.4. The van der Waals surface area contributed by atoms with Crippen LogP contribution in [0.2, 0.25) is 0 Å². The van der Waals surface area contributed by atoms with Crippen molar-refractivity contribution in [3.05, 3.63) is 83.1 Å². The molecule has 0 saturated carbocycles. The molecule has 5 rings (SSSR count). The van der Waals surface area contributed by atoms with Gasteiger partial charge in [-0.3, -0.25) is 14.6 Å². The number of anilines is 1. The Morgan fingerprint density at radius 2 is 1.60 bits per heavy atom. The third kappa shape index (κ3) is 7.28. The molecule has 0 radical (unpaired) electrons. The van der Waals surface area contributed by atoms with Crippen LogP contribution in [-0.4, -0.2) is 102 Å². The minimum absolute atomic E-state index is 0.0653. The minimum Gasteiger partial charge on any atom is -0.447 e. The quantitative estimate of drug-likeness (QED) is 0.415. The van der Waals surface area contributed by atoms with Gasteiger partial charge in [-0.1, -0.05) is 48.5 Å². The third-order valence-electron chi connectivity index (χ3n) is 7.81. The number of hydrogen-bond acceptors (Lipinski definition) is 8. The van der Waals surface area contributed by atoms with Crippen LogP contribution in [0, 0.1) is 13.8 Å². The maximum Gasteiger partial charge on any atom is 0.275 e. The summed E-state index contributed by atoms with van der Waals surface area (Å²) in [6.07, 6.45) is 0.982. The van der Waals surface area contributed by atoms with Crippen LogP contribution >= 0.6 is 0 Å². The Hall–Kier alpha value is -3.24. The maximum atomic E-state index is 13.1. The van der Waals surface area contributed by atoms with Gasteiger partial charge in [0.2, 0.25) is 5.89 Å². The van der Waals surface area contributed by atoms with Gasteiger partial charge >= 0.3 is 0 Å². The van der Waals surface area contributed by atoms with Crippen LogP contribution in [0.5, 0.6) is 0 Å². The largest absolute Gasteiger partial charge is 0.447 e. The van der Waals surface area contributed by atoms with E-state index in [9.17, 15) is 9.90 Å². The molecule has 40 heavy (non-hydrogen) atoms. The van der Waals surface area contributed by atoms with Gasteiger partial charge in [-0.05, 0) is 30.5 Å². The topological polar surface area (TPSA) is 85.5 Å². The Morgan fingerprint density at radius 1 is 0.925 bits per heavy atom. The van der Waals surface area contributed by atoms with E-state index in [-0.39, 0.29) is 5.91 Å². The maximum absolute atomic E-state index is 13.1. The van der Waals surface area contributed by atoms with Gasteiger partial charge in [0.15, 0.2) is 5.69 Å². The average molecular weight is 548 g/mol. The van der Waals surface area contributed by atoms with Crippen molar-refractivity contribution in [2.45, 2.75) is 33.1 Å². The molecule has 1 atom stereocenters. The molecule has 1 amide bonds. The van der Waals surface area contributed by atoms with Crippen molar-refractivity contribution in [3.8, 4) is 0 Å². The Kier molecular flexibility index (Phi) is 9.49. The number of aryl methyl sites for hydroxylation is 2.